The molecule has 346 valence electrons. The maximum Gasteiger partial charge on any atom is 0.304 e. The van der Waals surface area contributed by atoms with Gasteiger partial charge in [-0.3, -0.25) is 0 Å². The Bertz CT molecular complexity index is 3650. The highest BCUT2D eigenvalue weighted by Gasteiger charge is 2.45. The SMILES string of the molecule is C=C1CC2C(CCc3ccc4c(oc5ccccc54)c3-c3n(-c4c(-c5ccccc5)cc(C(C)(C)C)cc4-c4ccccc4)c4ccccc4[n+]31)c1ccccc1-c1cc(C(C)C)c([Si](C)(C)C)c[n+]12. The molecule has 0 bridgehead atoms. The fourth-order valence-electron chi connectivity index (χ4n) is 12.1. The van der Waals surface area contributed by atoms with Crippen LogP contribution in [0.3, 0.4) is 0 Å². The van der Waals surface area contributed by atoms with Gasteiger partial charge in [0, 0.05) is 44.6 Å². The van der Waals surface area contributed by atoms with Crippen molar-refractivity contribution in [3.63, 3.8) is 0 Å². The van der Waals surface area contributed by atoms with E-state index in [0.29, 0.717) is 5.92 Å². The van der Waals surface area contributed by atoms with E-state index in [1.165, 1.54) is 55.8 Å². The fourth-order valence-corrected chi connectivity index (χ4v) is 13.8. The van der Waals surface area contributed by atoms with Crippen molar-refractivity contribution in [2.24, 2.45) is 0 Å². The molecule has 3 aromatic heterocycles. The largest absolute Gasteiger partial charge is 0.455 e. The van der Waals surface area contributed by atoms with Crippen molar-refractivity contribution >= 4 is 51.9 Å². The van der Waals surface area contributed by atoms with Gasteiger partial charge in [-0.2, -0.15) is 13.7 Å². The van der Waals surface area contributed by atoms with E-state index in [2.05, 4.69) is 238 Å². The Morgan fingerprint density at radius 1 is 0.700 bits per heavy atom. The zero-order chi connectivity index (χ0) is 48.2. The van der Waals surface area contributed by atoms with Gasteiger partial charge in [0.15, 0.2) is 28.9 Å². The zero-order valence-electron chi connectivity index (χ0n) is 42.0. The van der Waals surface area contributed by atoms with Gasteiger partial charge in [-0.05, 0) is 94.0 Å². The predicted octanol–water partition coefficient (Wildman–Crippen LogP) is 15.9. The highest BCUT2D eigenvalue weighted by molar-refractivity contribution is 6.89. The summed E-state index contributed by atoms with van der Waals surface area (Å²) < 4.78 is 15.1. The van der Waals surface area contributed by atoms with Crippen LogP contribution in [0.15, 0.2) is 181 Å². The van der Waals surface area contributed by atoms with Crippen LogP contribution in [-0.2, 0) is 11.8 Å². The van der Waals surface area contributed by atoms with E-state index < -0.39 is 8.07 Å². The summed E-state index contributed by atoms with van der Waals surface area (Å²) in [6.07, 6.45) is 5.20. The van der Waals surface area contributed by atoms with Gasteiger partial charge < -0.3 is 4.42 Å². The van der Waals surface area contributed by atoms with Crippen LogP contribution in [0.1, 0.15) is 87.6 Å². The first-order valence-corrected chi connectivity index (χ1v) is 28.9. The summed E-state index contributed by atoms with van der Waals surface area (Å²) in [5, 5.41) is 3.80. The molecule has 0 spiro atoms. The molecule has 0 radical (unpaired) electrons. The Kier molecular flexibility index (Phi) is 10.4. The number of pyridine rings is 1. The molecular formula is C65H63N3OSi+2. The molecule has 0 N–H and O–H groups in total. The van der Waals surface area contributed by atoms with Crippen molar-refractivity contribution in [2.75, 3.05) is 0 Å². The van der Waals surface area contributed by atoms with Gasteiger partial charge in [0.1, 0.15) is 22.5 Å². The van der Waals surface area contributed by atoms with Gasteiger partial charge in [-0.15, -0.1) is 0 Å². The average Bonchev–Trinajstić information content (AvgIpc) is 3.91. The summed E-state index contributed by atoms with van der Waals surface area (Å²) >= 11 is 0. The number of benzene rings is 7. The molecule has 5 heterocycles. The Labute approximate surface area is 414 Å². The number of nitrogens with zero attached hydrogens (tertiary/aromatic N) is 3. The smallest absolute Gasteiger partial charge is 0.304 e. The first kappa shape index (κ1) is 44.1. The monoisotopic (exact) mass is 929 g/mol. The number of furan rings is 1. The number of para-hydroxylation sites is 3. The van der Waals surface area contributed by atoms with Gasteiger partial charge >= 0.3 is 5.82 Å². The van der Waals surface area contributed by atoms with E-state index in [9.17, 15) is 0 Å². The second kappa shape index (κ2) is 16.5. The van der Waals surface area contributed by atoms with Gasteiger partial charge in [0.2, 0.25) is 5.69 Å². The van der Waals surface area contributed by atoms with E-state index >= 15 is 0 Å². The standard InChI is InChI=1S/C65H63N3OSi/c1-41(2)52-39-58-48-27-17-16-26-47(48)49-34-32-45-33-35-51-50-28-18-21-31-59(50)69-63(51)61(45)64-67(42(3)36-57(49)66(58)40-60(52)70(7,8)9)55-29-19-20-30-56(55)68(64)62-53(43-22-12-10-13-23-43)37-46(65(4,5)6)38-54(62)44-24-14-11-15-25-44/h10-31,33,35,37-41,49,57H,3,32,34,36H2,1-2,4-9H3/q+2. The van der Waals surface area contributed by atoms with Crippen LogP contribution in [-0.4, -0.2) is 12.6 Å². The zero-order valence-corrected chi connectivity index (χ0v) is 43.0. The molecule has 70 heavy (non-hydrogen) atoms. The maximum atomic E-state index is 7.22. The number of aryl methyl sites for hydroxylation is 1. The number of aromatic nitrogens is 3. The van der Waals surface area contributed by atoms with E-state index in [0.717, 1.165) is 75.0 Å². The third-order valence-corrected chi connectivity index (χ3v) is 17.6. The summed E-state index contributed by atoms with van der Waals surface area (Å²) in [4.78, 5) is 0. The quantitative estimate of drug-likeness (QED) is 0.125. The normalized spacial score (nSPS) is 16.0. The Hall–Kier alpha value is -7.08. The summed E-state index contributed by atoms with van der Waals surface area (Å²) in [6.45, 7) is 24.5. The highest BCUT2D eigenvalue weighted by Crippen LogP contribution is 2.49. The first-order valence-electron chi connectivity index (χ1n) is 25.4. The molecule has 7 aromatic carbocycles. The van der Waals surface area contributed by atoms with Crippen LogP contribution in [0.5, 0.6) is 0 Å². The minimum atomic E-state index is -1.77. The second-order valence-corrected chi connectivity index (χ2v) is 27.4. The summed E-state index contributed by atoms with van der Waals surface area (Å²) in [6, 6.07) is 61.2. The van der Waals surface area contributed by atoms with Crippen LogP contribution in [0, 0.1) is 0 Å². The molecule has 0 saturated carbocycles. The summed E-state index contributed by atoms with van der Waals surface area (Å²) in [5.74, 6) is 1.74. The van der Waals surface area contributed by atoms with Crippen LogP contribution in [0.4, 0.5) is 0 Å². The van der Waals surface area contributed by atoms with Crippen molar-refractivity contribution in [3.05, 3.63) is 199 Å². The second-order valence-electron chi connectivity index (χ2n) is 22.4. The lowest BCUT2D eigenvalue weighted by Crippen LogP contribution is -2.54. The van der Waals surface area contributed by atoms with E-state index in [-0.39, 0.29) is 17.4 Å². The van der Waals surface area contributed by atoms with Crippen molar-refractivity contribution in [1.29, 1.82) is 0 Å². The number of hydrogen-bond acceptors (Lipinski definition) is 1. The maximum absolute atomic E-state index is 7.22. The summed E-state index contributed by atoms with van der Waals surface area (Å²) in [7, 11) is -1.77. The van der Waals surface area contributed by atoms with Crippen molar-refractivity contribution in [3.8, 4) is 50.6 Å². The van der Waals surface area contributed by atoms with Crippen molar-refractivity contribution in [2.45, 2.75) is 96.8 Å². The molecule has 10 aromatic rings. The molecule has 0 saturated heterocycles. The first-order chi connectivity index (χ1) is 33.8. The molecule has 0 amide bonds. The number of fused-ring (bicyclic) bond motifs is 15. The van der Waals surface area contributed by atoms with Crippen LogP contribution >= 0.6 is 0 Å². The van der Waals surface area contributed by atoms with Gasteiger partial charge in [0.05, 0.1) is 14.5 Å². The molecular weight excluding hydrogens is 867 g/mol. The number of rotatable bonds is 5. The average molecular weight is 930 g/mol. The molecule has 0 aliphatic carbocycles. The summed E-state index contributed by atoms with van der Waals surface area (Å²) in [5.41, 5.74) is 20.2. The number of hydrogen-bond donors (Lipinski definition) is 0. The third-order valence-electron chi connectivity index (χ3n) is 15.5. The lowest BCUT2D eigenvalue weighted by Gasteiger charge is -2.33. The van der Waals surface area contributed by atoms with Gasteiger partial charge in [0.25, 0.3) is 0 Å². The molecule has 0 fully saturated rings. The van der Waals surface area contributed by atoms with Crippen molar-refractivity contribution < 1.29 is 13.6 Å². The minimum Gasteiger partial charge on any atom is -0.455 e. The molecule has 12 rings (SSSR count). The lowest BCUT2D eigenvalue weighted by molar-refractivity contribution is -0.719. The van der Waals surface area contributed by atoms with Crippen LogP contribution in [0.25, 0.3) is 89.3 Å². The molecule has 2 aliphatic heterocycles. The van der Waals surface area contributed by atoms with Gasteiger partial charge in [-0.25, -0.2) is 0 Å². The molecule has 4 nitrogen and oxygen atoms in total. The molecule has 5 heteroatoms. The molecule has 2 unspecified atom stereocenters. The fraction of sp³-hybridized carbons (Fsp3) is 0.231. The lowest BCUT2D eigenvalue weighted by atomic mass is 9.77. The minimum absolute atomic E-state index is 0.111. The number of allylic oxidation sites excluding steroid dienone is 1. The van der Waals surface area contributed by atoms with E-state index in [1.807, 2.05) is 0 Å². The Balaban J connectivity index is 1.23. The van der Waals surface area contributed by atoms with Crippen molar-refractivity contribution in [1.82, 2.24) is 4.57 Å². The van der Waals surface area contributed by atoms with Crippen LogP contribution in [0.2, 0.25) is 19.6 Å². The highest BCUT2D eigenvalue weighted by atomic mass is 28.3. The molecule has 2 atom stereocenters. The molecule has 2 aliphatic rings. The number of imidazole rings is 1. The topological polar surface area (TPSA) is 25.8 Å². The third kappa shape index (κ3) is 7.07. The van der Waals surface area contributed by atoms with E-state index in [1.54, 1.807) is 5.19 Å². The van der Waals surface area contributed by atoms with Gasteiger partial charge in [-0.1, -0.05) is 182 Å². The van der Waals surface area contributed by atoms with E-state index in [4.69, 9.17) is 11.0 Å². The Morgan fingerprint density at radius 3 is 2.03 bits per heavy atom. The Morgan fingerprint density at radius 2 is 1.34 bits per heavy atom. The van der Waals surface area contributed by atoms with Crippen LogP contribution < -0.4 is 14.3 Å². The predicted molar refractivity (Wildman–Crippen MR) is 295 cm³/mol.